The Morgan fingerprint density at radius 1 is 0.903 bits per heavy atom. The van der Waals surface area contributed by atoms with Crippen LogP contribution in [-0.4, -0.2) is 81.5 Å². The summed E-state index contributed by atoms with van der Waals surface area (Å²) >= 11 is 1.81. The van der Waals surface area contributed by atoms with Crippen molar-refractivity contribution in [3.8, 4) is 0 Å². The number of carbonyl (C=O) groups is 2. The van der Waals surface area contributed by atoms with Crippen molar-refractivity contribution < 1.29 is 30.0 Å². The van der Waals surface area contributed by atoms with Gasteiger partial charge in [-0.2, -0.15) is 0 Å². The van der Waals surface area contributed by atoms with Gasteiger partial charge in [0.05, 0.1) is 5.69 Å². The summed E-state index contributed by atoms with van der Waals surface area (Å²) in [5.74, 6) is -2.42. The van der Waals surface area contributed by atoms with Crippen LogP contribution in [0.3, 0.4) is 0 Å². The van der Waals surface area contributed by atoms with Gasteiger partial charge in [-0.1, -0.05) is 42.1 Å². The first-order valence-electron chi connectivity index (χ1n) is 9.61. The van der Waals surface area contributed by atoms with Gasteiger partial charge in [0.25, 0.3) is 0 Å². The molecule has 0 unspecified atom stereocenters. The maximum atomic E-state index is 9.77. The quantitative estimate of drug-likeness (QED) is 0.468. The Hall–Kier alpha value is -2.92. The Morgan fingerprint density at radius 3 is 2.06 bits per heavy atom. The number of carboxylic acids is 2. The third-order valence-electron chi connectivity index (χ3n) is 4.66. The molecule has 10 heteroatoms. The number of rotatable bonds is 3. The van der Waals surface area contributed by atoms with E-state index in [2.05, 4.69) is 58.7 Å². The van der Waals surface area contributed by atoms with Gasteiger partial charge in [0.2, 0.25) is 0 Å². The fraction of sp³-hybridized carbons (Fsp3) is 0.286. The van der Waals surface area contributed by atoms with Gasteiger partial charge in [-0.3, -0.25) is 0 Å². The van der Waals surface area contributed by atoms with E-state index < -0.39 is 24.1 Å². The summed E-state index contributed by atoms with van der Waals surface area (Å²) in [5.41, 5.74) is 2.33. The molecule has 1 saturated heterocycles. The number of carboxylic acid groups (broad SMARTS) is 2. The Bertz CT molecular complexity index is 959. The van der Waals surface area contributed by atoms with Crippen LogP contribution in [0.4, 0.5) is 5.69 Å². The number of amidine groups is 1. The van der Waals surface area contributed by atoms with Crippen LogP contribution in [0.2, 0.25) is 0 Å². The number of nitrogens with one attached hydrogen (secondary N) is 1. The van der Waals surface area contributed by atoms with Crippen LogP contribution >= 0.6 is 11.8 Å². The Morgan fingerprint density at radius 2 is 1.45 bits per heavy atom. The summed E-state index contributed by atoms with van der Waals surface area (Å²) in [6.07, 6.45) is -4.53. The first-order chi connectivity index (χ1) is 14.9. The van der Waals surface area contributed by atoms with Crippen molar-refractivity contribution in [2.24, 2.45) is 4.99 Å². The predicted molar refractivity (Wildman–Crippen MR) is 115 cm³/mol. The van der Waals surface area contributed by atoms with E-state index in [9.17, 15) is 9.59 Å². The molecule has 2 aliphatic rings. The number of piperazine rings is 1. The molecule has 0 bridgehead atoms. The van der Waals surface area contributed by atoms with Crippen LogP contribution in [0.1, 0.15) is 5.56 Å². The van der Waals surface area contributed by atoms with Crippen LogP contribution in [-0.2, 0) is 9.59 Å². The highest BCUT2D eigenvalue weighted by Gasteiger charge is 2.29. The molecule has 0 aromatic heterocycles. The van der Waals surface area contributed by atoms with Crippen molar-refractivity contribution in [2.45, 2.75) is 22.0 Å². The molecule has 9 nitrogen and oxygen atoms in total. The third-order valence-corrected chi connectivity index (χ3v) is 5.80. The number of aliphatic imine (C=N–C) groups is 1. The minimum Gasteiger partial charge on any atom is -0.479 e. The molecule has 2 atom stereocenters. The molecule has 2 aliphatic heterocycles. The molecule has 0 aliphatic carbocycles. The van der Waals surface area contributed by atoms with Crippen LogP contribution < -0.4 is 5.32 Å². The van der Waals surface area contributed by atoms with Gasteiger partial charge in [-0.25, -0.2) is 14.6 Å². The van der Waals surface area contributed by atoms with Crippen molar-refractivity contribution >= 4 is 35.2 Å². The minimum absolute atomic E-state index is 1.01. The number of aliphatic carboxylic acids is 2. The van der Waals surface area contributed by atoms with Crippen LogP contribution in [0.5, 0.6) is 0 Å². The molecule has 0 saturated carbocycles. The second-order valence-corrected chi connectivity index (χ2v) is 7.89. The van der Waals surface area contributed by atoms with Gasteiger partial charge in [0, 0.05) is 41.5 Å². The number of aliphatic hydroxyl groups is 2. The zero-order valence-corrected chi connectivity index (χ0v) is 17.3. The second kappa shape index (κ2) is 10.4. The number of nitrogens with zero attached hydrogens (tertiary/aromatic N) is 2. The molecule has 2 heterocycles. The van der Waals surface area contributed by atoms with Gasteiger partial charge in [-0.05, 0) is 18.2 Å². The van der Waals surface area contributed by atoms with Crippen molar-refractivity contribution in [3.05, 3.63) is 54.1 Å². The van der Waals surface area contributed by atoms with Gasteiger partial charge in [0.1, 0.15) is 5.84 Å². The number of hydrogen-bond donors (Lipinski definition) is 5. The molecule has 164 valence electrons. The molecule has 1 fully saturated rings. The number of para-hydroxylation sites is 1. The Balaban J connectivity index is 0.000000233. The lowest BCUT2D eigenvalue weighted by molar-refractivity contribution is -0.165. The summed E-state index contributed by atoms with van der Waals surface area (Å²) in [7, 11) is 0. The Labute approximate surface area is 183 Å². The molecule has 0 amide bonds. The summed E-state index contributed by atoms with van der Waals surface area (Å²) in [5, 5.41) is 35.9. The van der Waals surface area contributed by atoms with Crippen molar-refractivity contribution in [2.75, 3.05) is 26.2 Å². The SMILES string of the molecule is O=C(O)[C@H](O)[C@@H](O)C(=O)O.c1ccc2c(c1)N=C(N1CCNCC1)c1ccccc1S2. The van der Waals surface area contributed by atoms with E-state index in [-0.39, 0.29) is 0 Å². The summed E-state index contributed by atoms with van der Waals surface area (Å²) in [6, 6.07) is 17.0. The molecule has 2 aromatic carbocycles. The summed E-state index contributed by atoms with van der Waals surface area (Å²) in [6.45, 7) is 4.08. The molecule has 4 rings (SSSR count). The standard InChI is InChI=1S/C17H17N3S.C4H6O6/c1-3-7-15-13(5-1)17(20-11-9-18-10-12-20)19-14-6-2-4-8-16(14)21-15;5-1(3(7)8)2(6)4(9)10/h1-8,18H,9-12H2;1-2,5-6H,(H,7,8)(H,9,10)/t;1-,2-/m.1/s1. The van der Waals surface area contributed by atoms with Gasteiger partial charge >= 0.3 is 11.9 Å². The average Bonchev–Trinajstić information content (AvgIpc) is 2.95. The lowest BCUT2D eigenvalue weighted by Crippen LogP contribution is -2.46. The van der Waals surface area contributed by atoms with Crippen molar-refractivity contribution in [1.82, 2.24) is 10.2 Å². The molecule has 5 N–H and O–H groups in total. The fourth-order valence-corrected chi connectivity index (χ4v) is 4.07. The van der Waals surface area contributed by atoms with Crippen molar-refractivity contribution in [3.63, 3.8) is 0 Å². The summed E-state index contributed by atoms with van der Waals surface area (Å²) < 4.78 is 0. The van der Waals surface area contributed by atoms with Gasteiger partial charge < -0.3 is 30.6 Å². The monoisotopic (exact) mass is 445 g/mol. The first kappa shape index (κ1) is 22.8. The maximum Gasteiger partial charge on any atom is 0.335 e. The van der Waals surface area contributed by atoms with Crippen LogP contribution in [0, 0.1) is 0 Å². The highest BCUT2D eigenvalue weighted by Crippen LogP contribution is 2.40. The van der Waals surface area contributed by atoms with Crippen molar-refractivity contribution in [1.29, 1.82) is 0 Å². The molecule has 0 radical (unpaired) electrons. The molecule has 31 heavy (non-hydrogen) atoms. The normalized spacial score (nSPS) is 17.0. The zero-order valence-electron chi connectivity index (χ0n) is 16.5. The second-order valence-electron chi connectivity index (χ2n) is 6.80. The maximum absolute atomic E-state index is 9.77. The van der Waals surface area contributed by atoms with E-state index in [0.29, 0.717) is 0 Å². The summed E-state index contributed by atoms with van der Waals surface area (Å²) in [4.78, 5) is 29.5. The zero-order chi connectivity index (χ0) is 22.4. The highest BCUT2D eigenvalue weighted by molar-refractivity contribution is 7.99. The molecule has 0 spiro atoms. The van der Waals surface area contributed by atoms with E-state index in [0.717, 1.165) is 37.7 Å². The fourth-order valence-electron chi connectivity index (χ4n) is 3.06. The van der Waals surface area contributed by atoms with Crippen LogP contribution in [0.15, 0.2) is 63.3 Å². The Kier molecular flexibility index (Phi) is 7.64. The van der Waals surface area contributed by atoms with E-state index in [1.54, 1.807) is 0 Å². The van der Waals surface area contributed by atoms with E-state index in [1.807, 2.05) is 11.8 Å². The predicted octanol–water partition coefficient (Wildman–Crippen LogP) is 1.01. The number of benzene rings is 2. The molecular formula is C21H23N3O6S. The van der Waals surface area contributed by atoms with E-state index in [4.69, 9.17) is 25.4 Å². The molecule has 2 aromatic rings. The lowest BCUT2D eigenvalue weighted by atomic mass is 10.1. The number of fused-ring (bicyclic) bond motifs is 2. The number of aliphatic hydroxyl groups excluding tert-OH is 2. The lowest BCUT2D eigenvalue weighted by Gasteiger charge is -2.30. The minimum atomic E-state index is -2.27. The molecular weight excluding hydrogens is 422 g/mol. The smallest absolute Gasteiger partial charge is 0.335 e. The third kappa shape index (κ3) is 5.61. The van der Waals surface area contributed by atoms with Gasteiger partial charge in [0.15, 0.2) is 12.2 Å². The number of hydrogen-bond acceptors (Lipinski definition) is 8. The average molecular weight is 445 g/mol. The van der Waals surface area contributed by atoms with E-state index in [1.165, 1.54) is 15.4 Å². The first-order valence-corrected chi connectivity index (χ1v) is 10.4. The van der Waals surface area contributed by atoms with E-state index >= 15 is 0 Å². The topological polar surface area (TPSA) is 143 Å². The largest absolute Gasteiger partial charge is 0.479 e. The highest BCUT2D eigenvalue weighted by atomic mass is 32.2. The van der Waals surface area contributed by atoms with Crippen LogP contribution in [0.25, 0.3) is 0 Å². The van der Waals surface area contributed by atoms with Gasteiger partial charge in [-0.15, -0.1) is 0 Å².